The third-order valence-electron chi connectivity index (χ3n) is 5.05. The molecule has 0 saturated carbocycles. The predicted molar refractivity (Wildman–Crippen MR) is 110 cm³/mol. The number of fused-ring (bicyclic) bond motifs is 1. The van der Waals surface area contributed by atoms with Gasteiger partial charge in [-0.2, -0.15) is 13.2 Å². The van der Waals surface area contributed by atoms with Crippen LogP contribution in [-0.2, 0) is 22.6 Å². The summed E-state index contributed by atoms with van der Waals surface area (Å²) < 4.78 is 81.1. The van der Waals surface area contributed by atoms with Crippen molar-refractivity contribution in [3.63, 3.8) is 0 Å². The van der Waals surface area contributed by atoms with Crippen LogP contribution in [0.15, 0.2) is 48.5 Å². The highest BCUT2D eigenvalue weighted by atomic mass is 32.2. The zero-order valence-corrected chi connectivity index (χ0v) is 17.7. The largest absolute Gasteiger partial charge is 0.435 e. The maximum atomic E-state index is 13.7. The van der Waals surface area contributed by atoms with E-state index in [1.165, 1.54) is 4.31 Å². The molecule has 0 atom stereocenters. The van der Waals surface area contributed by atoms with Gasteiger partial charge in [0.05, 0.1) is 17.1 Å². The number of sulfonamides is 1. The van der Waals surface area contributed by atoms with Crippen molar-refractivity contribution in [3.8, 4) is 5.69 Å². The lowest BCUT2D eigenvalue weighted by molar-refractivity contribution is -0.143. The number of carbonyl (C=O) groups excluding carboxylic acids is 1. The van der Waals surface area contributed by atoms with Crippen LogP contribution in [0.25, 0.3) is 5.69 Å². The quantitative estimate of drug-likeness (QED) is 0.544. The average molecular weight is 483 g/mol. The molecule has 1 amide bonds. The van der Waals surface area contributed by atoms with Gasteiger partial charge in [-0.1, -0.05) is 23.4 Å². The first-order valence-electron chi connectivity index (χ1n) is 9.73. The fraction of sp³-hybridized carbons (Fsp3) is 0.250. The van der Waals surface area contributed by atoms with E-state index >= 15 is 0 Å². The number of anilines is 1. The lowest BCUT2D eigenvalue weighted by atomic mass is 10.2. The highest BCUT2D eigenvalue weighted by Gasteiger charge is 2.42. The summed E-state index contributed by atoms with van der Waals surface area (Å²) in [6, 6.07) is 11.0. The van der Waals surface area contributed by atoms with Crippen LogP contribution in [0.3, 0.4) is 0 Å². The summed E-state index contributed by atoms with van der Waals surface area (Å²) in [4.78, 5) is 12.4. The van der Waals surface area contributed by atoms with Crippen molar-refractivity contribution in [3.05, 3.63) is 71.3 Å². The summed E-state index contributed by atoms with van der Waals surface area (Å²) in [5.74, 6) is -2.40. The second-order valence-corrected chi connectivity index (χ2v) is 9.21. The summed E-state index contributed by atoms with van der Waals surface area (Å²) in [5, 5.41) is 8.88. The molecule has 1 aliphatic rings. The molecule has 0 fully saturated rings. The van der Waals surface area contributed by atoms with Gasteiger partial charge in [-0.3, -0.25) is 9.10 Å². The SMILES string of the molecule is O=C(NCCS(=O)(=O)N1CCc2ccccc21)c1nnn(-c2ccc(F)cc2)c1C(F)(F)F. The fourth-order valence-corrected chi connectivity index (χ4v) is 4.96. The molecule has 0 bridgehead atoms. The molecule has 0 unspecified atom stereocenters. The number of para-hydroxylation sites is 1. The van der Waals surface area contributed by atoms with Crippen LogP contribution in [0.5, 0.6) is 0 Å². The Kier molecular flexibility index (Phi) is 5.82. The summed E-state index contributed by atoms with van der Waals surface area (Å²) in [5.41, 5.74) is -1.20. The van der Waals surface area contributed by atoms with Crippen LogP contribution in [-0.4, -0.2) is 48.2 Å². The van der Waals surface area contributed by atoms with Crippen molar-refractivity contribution in [1.29, 1.82) is 0 Å². The van der Waals surface area contributed by atoms with Gasteiger partial charge in [0.15, 0.2) is 11.4 Å². The molecule has 8 nitrogen and oxygen atoms in total. The van der Waals surface area contributed by atoms with Gasteiger partial charge in [-0.25, -0.2) is 17.5 Å². The summed E-state index contributed by atoms with van der Waals surface area (Å²) in [6.07, 6.45) is -4.46. The molecule has 4 rings (SSSR count). The van der Waals surface area contributed by atoms with Gasteiger partial charge < -0.3 is 5.32 Å². The van der Waals surface area contributed by atoms with E-state index in [1.807, 2.05) is 6.07 Å². The van der Waals surface area contributed by atoms with Crippen LogP contribution in [0.2, 0.25) is 0 Å². The second-order valence-electron chi connectivity index (χ2n) is 7.20. The molecule has 2 heterocycles. The molecule has 33 heavy (non-hydrogen) atoms. The number of nitrogens with one attached hydrogen (secondary N) is 1. The minimum Gasteiger partial charge on any atom is -0.349 e. The van der Waals surface area contributed by atoms with Gasteiger partial charge in [0.25, 0.3) is 5.91 Å². The molecule has 3 aromatic rings. The van der Waals surface area contributed by atoms with Crippen molar-refractivity contribution < 1.29 is 30.8 Å². The Morgan fingerprint density at radius 3 is 2.48 bits per heavy atom. The molecule has 0 aliphatic carbocycles. The van der Waals surface area contributed by atoms with Crippen LogP contribution in [0.1, 0.15) is 21.7 Å². The van der Waals surface area contributed by atoms with E-state index in [9.17, 15) is 30.8 Å². The normalized spacial score (nSPS) is 13.8. The van der Waals surface area contributed by atoms with E-state index < -0.39 is 51.6 Å². The van der Waals surface area contributed by atoms with Gasteiger partial charge in [0, 0.05) is 13.1 Å². The molecule has 1 N–H and O–H groups in total. The standard InChI is InChI=1S/C20H17F4N5O3S/c21-14-5-7-15(8-6-14)29-18(20(22,23)24)17(26-27-29)19(30)25-10-12-33(31,32)28-11-9-13-3-1-2-4-16(13)28/h1-8H,9-12H2,(H,25,30). The van der Waals surface area contributed by atoms with Crippen molar-refractivity contribution in [2.45, 2.75) is 12.6 Å². The molecule has 0 spiro atoms. The number of rotatable bonds is 6. The Hall–Kier alpha value is -3.48. The maximum Gasteiger partial charge on any atom is 0.435 e. The van der Waals surface area contributed by atoms with Gasteiger partial charge in [-0.05, 0) is 42.3 Å². The first kappa shape index (κ1) is 22.7. The van der Waals surface area contributed by atoms with Crippen LogP contribution < -0.4 is 9.62 Å². The topological polar surface area (TPSA) is 97.2 Å². The molecule has 0 radical (unpaired) electrons. The van der Waals surface area contributed by atoms with Crippen molar-refractivity contribution in [2.75, 3.05) is 23.1 Å². The number of hydrogen-bond acceptors (Lipinski definition) is 5. The van der Waals surface area contributed by atoms with Crippen molar-refractivity contribution in [2.24, 2.45) is 0 Å². The zero-order chi connectivity index (χ0) is 23.8. The smallest absolute Gasteiger partial charge is 0.349 e. The number of hydrogen-bond donors (Lipinski definition) is 1. The Morgan fingerprint density at radius 2 is 1.79 bits per heavy atom. The van der Waals surface area contributed by atoms with Gasteiger partial charge in [-0.15, -0.1) is 5.10 Å². The lowest BCUT2D eigenvalue weighted by Crippen LogP contribution is -2.37. The van der Waals surface area contributed by atoms with E-state index in [1.54, 1.807) is 18.2 Å². The van der Waals surface area contributed by atoms with Crippen LogP contribution in [0.4, 0.5) is 23.2 Å². The lowest BCUT2D eigenvalue weighted by Gasteiger charge is -2.19. The molecule has 1 aromatic heterocycles. The van der Waals surface area contributed by atoms with E-state index in [-0.39, 0.29) is 12.2 Å². The number of nitrogens with zero attached hydrogens (tertiary/aromatic N) is 4. The first-order valence-corrected chi connectivity index (χ1v) is 11.3. The maximum absolute atomic E-state index is 13.7. The van der Waals surface area contributed by atoms with Crippen molar-refractivity contribution >= 4 is 21.6 Å². The van der Waals surface area contributed by atoms with E-state index in [2.05, 4.69) is 15.6 Å². The van der Waals surface area contributed by atoms with Gasteiger partial charge >= 0.3 is 6.18 Å². The number of halogens is 4. The molecule has 174 valence electrons. The van der Waals surface area contributed by atoms with Crippen LogP contribution in [0, 0.1) is 5.82 Å². The second kappa shape index (κ2) is 8.46. The molecular formula is C20H17F4N5O3S. The Morgan fingerprint density at radius 1 is 1.09 bits per heavy atom. The highest BCUT2D eigenvalue weighted by Crippen LogP contribution is 2.33. The minimum atomic E-state index is -5.00. The average Bonchev–Trinajstić information content (AvgIpc) is 3.39. The molecular weight excluding hydrogens is 466 g/mol. The van der Waals surface area contributed by atoms with Gasteiger partial charge in [0.1, 0.15) is 5.82 Å². The Bertz CT molecular complexity index is 1290. The number of carbonyl (C=O) groups is 1. The summed E-state index contributed by atoms with van der Waals surface area (Å²) >= 11 is 0. The van der Waals surface area contributed by atoms with Crippen molar-refractivity contribution in [1.82, 2.24) is 20.3 Å². The monoisotopic (exact) mass is 483 g/mol. The number of aromatic nitrogens is 3. The number of amides is 1. The predicted octanol–water partition coefficient (Wildman–Crippen LogP) is 2.55. The van der Waals surface area contributed by atoms with E-state index in [0.717, 1.165) is 29.8 Å². The molecule has 1 aliphatic heterocycles. The van der Waals surface area contributed by atoms with Gasteiger partial charge in [0.2, 0.25) is 10.0 Å². The third kappa shape index (κ3) is 4.53. The number of alkyl halides is 3. The fourth-order valence-electron chi connectivity index (χ4n) is 3.54. The molecule has 2 aromatic carbocycles. The zero-order valence-electron chi connectivity index (χ0n) is 16.9. The Balaban J connectivity index is 1.50. The molecule has 0 saturated heterocycles. The van der Waals surface area contributed by atoms with Crippen LogP contribution >= 0.6 is 0 Å². The highest BCUT2D eigenvalue weighted by molar-refractivity contribution is 7.92. The summed E-state index contributed by atoms with van der Waals surface area (Å²) in [6.45, 7) is -0.180. The Labute approximate surface area is 185 Å². The molecule has 13 heteroatoms. The third-order valence-corrected chi connectivity index (χ3v) is 6.82. The number of benzene rings is 2. The first-order chi connectivity index (χ1) is 15.6. The minimum absolute atomic E-state index is 0.148. The van der Waals surface area contributed by atoms with E-state index in [4.69, 9.17) is 0 Å². The summed E-state index contributed by atoms with van der Waals surface area (Å²) in [7, 11) is -3.81. The van der Waals surface area contributed by atoms with E-state index in [0.29, 0.717) is 16.8 Å².